The second kappa shape index (κ2) is 5.31. The van der Waals surface area contributed by atoms with Gasteiger partial charge in [-0.1, -0.05) is 6.92 Å². The molecule has 0 bridgehead atoms. The van der Waals surface area contributed by atoms with Gasteiger partial charge in [-0.25, -0.2) is 14.8 Å². The standard InChI is InChI=1S/C12H15N3O4/c1-12(2-3-19-7-12)6-15-10(16)8-4-14-9(5-13-8)11(17)18/h4-5H,2-3,6-7H2,1H3,(H,15,16)(H,17,18). The van der Waals surface area contributed by atoms with Crippen LogP contribution in [-0.4, -0.2) is 46.7 Å². The lowest BCUT2D eigenvalue weighted by Gasteiger charge is -2.21. The molecule has 2 rings (SSSR count). The third kappa shape index (κ3) is 3.25. The minimum absolute atomic E-state index is 0.0515. The molecule has 1 aromatic rings. The van der Waals surface area contributed by atoms with E-state index in [-0.39, 0.29) is 22.7 Å². The van der Waals surface area contributed by atoms with Gasteiger partial charge in [0.15, 0.2) is 5.69 Å². The van der Waals surface area contributed by atoms with Gasteiger partial charge in [0.2, 0.25) is 0 Å². The minimum Gasteiger partial charge on any atom is -0.476 e. The van der Waals surface area contributed by atoms with E-state index in [4.69, 9.17) is 9.84 Å². The molecular formula is C12H15N3O4. The molecule has 1 fully saturated rings. The first-order chi connectivity index (χ1) is 9.00. The summed E-state index contributed by atoms with van der Waals surface area (Å²) in [5.41, 5.74) is -0.135. The van der Waals surface area contributed by atoms with Crippen LogP contribution in [0.2, 0.25) is 0 Å². The predicted octanol–water partition coefficient (Wildman–Crippen LogP) is 0.331. The fourth-order valence-corrected chi connectivity index (χ4v) is 1.79. The van der Waals surface area contributed by atoms with Crippen LogP contribution in [0.15, 0.2) is 12.4 Å². The van der Waals surface area contributed by atoms with Gasteiger partial charge in [0.1, 0.15) is 5.69 Å². The Morgan fingerprint density at radius 3 is 2.63 bits per heavy atom. The molecule has 19 heavy (non-hydrogen) atoms. The summed E-state index contributed by atoms with van der Waals surface area (Å²) in [7, 11) is 0. The zero-order chi connectivity index (χ0) is 13.9. The van der Waals surface area contributed by atoms with Crippen LogP contribution in [0.3, 0.4) is 0 Å². The molecule has 2 N–H and O–H groups in total. The molecule has 0 aromatic carbocycles. The summed E-state index contributed by atoms with van der Waals surface area (Å²) in [5.74, 6) is -1.53. The third-order valence-electron chi connectivity index (χ3n) is 3.08. The summed E-state index contributed by atoms with van der Waals surface area (Å²) >= 11 is 0. The highest BCUT2D eigenvalue weighted by molar-refractivity contribution is 5.92. The summed E-state index contributed by atoms with van der Waals surface area (Å²) in [6, 6.07) is 0. The summed E-state index contributed by atoms with van der Waals surface area (Å²) in [4.78, 5) is 29.9. The molecule has 102 valence electrons. The topological polar surface area (TPSA) is 101 Å². The second-order valence-corrected chi connectivity index (χ2v) is 4.89. The number of carbonyl (C=O) groups is 2. The highest BCUT2D eigenvalue weighted by Gasteiger charge is 2.30. The molecule has 1 unspecified atom stereocenters. The lowest BCUT2D eigenvalue weighted by atomic mass is 9.90. The van der Waals surface area contributed by atoms with Crippen molar-refractivity contribution in [3.8, 4) is 0 Å². The van der Waals surface area contributed by atoms with Crippen LogP contribution in [0.5, 0.6) is 0 Å². The van der Waals surface area contributed by atoms with Crippen molar-refractivity contribution in [3.63, 3.8) is 0 Å². The van der Waals surface area contributed by atoms with Crippen LogP contribution in [-0.2, 0) is 4.74 Å². The Morgan fingerprint density at radius 2 is 2.11 bits per heavy atom. The maximum Gasteiger partial charge on any atom is 0.356 e. The minimum atomic E-state index is -1.17. The lowest BCUT2D eigenvalue weighted by molar-refractivity contribution is 0.0689. The number of ether oxygens (including phenoxy) is 1. The second-order valence-electron chi connectivity index (χ2n) is 4.89. The number of nitrogens with zero attached hydrogens (tertiary/aromatic N) is 2. The van der Waals surface area contributed by atoms with Gasteiger partial charge in [-0.2, -0.15) is 0 Å². The SMILES string of the molecule is CC1(CNC(=O)c2cnc(C(=O)O)cn2)CCOC1. The fourth-order valence-electron chi connectivity index (χ4n) is 1.79. The monoisotopic (exact) mass is 265 g/mol. The highest BCUT2D eigenvalue weighted by Crippen LogP contribution is 2.26. The number of carboxylic acid groups (broad SMARTS) is 1. The van der Waals surface area contributed by atoms with Gasteiger partial charge >= 0.3 is 5.97 Å². The van der Waals surface area contributed by atoms with Gasteiger partial charge in [0.05, 0.1) is 19.0 Å². The number of hydrogen-bond acceptors (Lipinski definition) is 5. The van der Waals surface area contributed by atoms with Crippen LogP contribution in [0.1, 0.15) is 34.3 Å². The normalized spacial score (nSPS) is 22.2. The highest BCUT2D eigenvalue weighted by atomic mass is 16.5. The van der Waals surface area contributed by atoms with Crippen LogP contribution in [0.4, 0.5) is 0 Å². The van der Waals surface area contributed by atoms with Crippen molar-refractivity contribution in [2.75, 3.05) is 19.8 Å². The summed E-state index contributed by atoms with van der Waals surface area (Å²) in [6.07, 6.45) is 3.13. The van der Waals surface area contributed by atoms with Crippen molar-refractivity contribution in [2.24, 2.45) is 5.41 Å². The fraction of sp³-hybridized carbons (Fsp3) is 0.500. The number of hydrogen-bond donors (Lipinski definition) is 2. The van der Waals surface area contributed by atoms with E-state index >= 15 is 0 Å². The molecule has 0 spiro atoms. The maximum atomic E-state index is 11.8. The summed E-state index contributed by atoms with van der Waals surface area (Å²) in [6.45, 7) is 3.87. The van der Waals surface area contributed by atoms with Crippen molar-refractivity contribution in [2.45, 2.75) is 13.3 Å². The van der Waals surface area contributed by atoms with Gasteiger partial charge in [0.25, 0.3) is 5.91 Å². The van der Waals surface area contributed by atoms with Crippen LogP contribution in [0.25, 0.3) is 0 Å². The molecule has 0 radical (unpaired) electrons. The number of carbonyl (C=O) groups excluding carboxylic acids is 1. The molecule has 1 aliphatic rings. The molecular weight excluding hydrogens is 250 g/mol. The Labute approximate surface area is 110 Å². The van der Waals surface area contributed by atoms with Crippen molar-refractivity contribution >= 4 is 11.9 Å². The largest absolute Gasteiger partial charge is 0.476 e. The Morgan fingerprint density at radius 1 is 1.42 bits per heavy atom. The maximum absolute atomic E-state index is 11.8. The number of amides is 1. The van der Waals surface area contributed by atoms with Gasteiger partial charge in [-0.05, 0) is 6.42 Å². The van der Waals surface area contributed by atoms with E-state index < -0.39 is 5.97 Å². The molecule has 0 aliphatic carbocycles. The molecule has 1 aliphatic heterocycles. The first-order valence-electron chi connectivity index (χ1n) is 5.91. The molecule has 1 saturated heterocycles. The van der Waals surface area contributed by atoms with E-state index in [0.29, 0.717) is 19.8 Å². The molecule has 2 heterocycles. The molecule has 1 atom stereocenters. The Hall–Kier alpha value is -2.02. The van der Waals surface area contributed by atoms with E-state index in [2.05, 4.69) is 15.3 Å². The van der Waals surface area contributed by atoms with E-state index in [1.54, 1.807) is 0 Å². The predicted molar refractivity (Wildman–Crippen MR) is 64.9 cm³/mol. The van der Waals surface area contributed by atoms with E-state index in [0.717, 1.165) is 18.8 Å². The molecule has 7 nitrogen and oxygen atoms in total. The number of carboxylic acids is 1. The molecule has 7 heteroatoms. The van der Waals surface area contributed by atoms with Crippen molar-refractivity contribution < 1.29 is 19.4 Å². The number of aromatic carboxylic acids is 1. The number of nitrogens with one attached hydrogen (secondary N) is 1. The van der Waals surface area contributed by atoms with Gasteiger partial charge in [0, 0.05) is 18.6 Å². The van der Waals surface area contributed by atoms with Crippen molar-refractivity contribution in [3.05, 3.63) is 23.8 Å². The third-order valence-corrected chi connectivity index (χ3v) is 3.08. The smallest absolute Gasteiger partial charge is 0.356 e. The Bertz CT molecular complexity index is 480. The van der Waals surface area contributed by atoms with Crippen LogP contribution >= 0.6 is 0 Å². The first kappa shape index (κ1) is 13.4. The first-order valence-corrected chi connectivity index (χ1v) is 5.91. The van der Waals surface area contributed by atoms with E-state index in [9.17, 15) is 9.59 Å². The van der Waals surface area contributed by atoms with Crippen LogP contribution in [0, 0.1) is 5.41 Å². The molecule has 0 saturated carbocycles. The van der Waals surface area contributed by atoms with Crippen molar-refractivity contribution in [1.29, 1.82) is 0 Å². The zero-order valence-electron chi connectivity index (χ0n) is 10.5. The molecule has 1 amide bonds. The van der Waals surface area contributed by atoms with Gasteiger partial charge < -0.3 is 15.2 Å². The van der Waals surface area contributed by atoms with Crippen LogP contribution < -0.4 is 5.32 Å². The van der Waals surface area contributed by atoms with Crippen molar-refractivity contribution in [1.82, 2.24) is 15.3 Å². The summed E-state index contributed by atoms with van der Waals surface area (Å²) < 4.78 is 5.30. The van der Waals surface area contributed by atoms with E-state index in [1.165, 1.54) is 0 Å². The number of aromatic nitrogens is 2. The molecule has 1 aromatic heterocycles. The van der Waals surface area contributed by atoms with E-state index in [1.807, 2.05) is 6.92 Å². The van der Waals surface area contributed by atoms with Gasteiger partial charge in [-0.15, -0.1) is 0 Å². The summed E-state index contributed by atoms with van der Waals surface area (Å²) in [5, 5.41) is 11.4. The average Bonchev–Trinajstić information content (AvgIpc) is 2.83. The Balaban J connectivity index is 1.94. The average molecular weight is 265 g/mol. The lowest BCUT2D eigenvalue weighted by Crippen LogP contribution is -2.36. The Kier molecular flexibility index (Phi) is 3.75. The quantitative estimate of drug-likeness (QED) is 0.813. The van der Waals surface area contributed by atoms with Gasteiger partial charge in [-0.3, -0.25) is 4.79 Å². The zero-order valence-corrected chi connectivity index (χ0v) is 10.5. The number of rotatable bonds is 4.